The Morgan fingerprint density at radius 3 is 2.19 bits per heavy atom. The van der Waals surface area contributed by atoms with Gasteiger partial charge in [-0.05, 0) is 60.7 Å². The van der Waals surface area contributed by atoms with Crippen molar-refractivity contribution in [3.8, 4) is 0 Å². The lowest BCUT2D eigenvalue weighted by Crippen LogP contribution is -2.37. The lowest BCUT2D eigenvalue weighted by atomic mass is 10.3. The summed E-state index contributed by atoms with van der Waals surface area (Å²) in [5.74, 6) is -1.21. The first-order valence-electron chi connectivity index (χ1n) is 9.11. The van der Waals surface area contributed by atoms with E-state index >= 15 is 0 Å². The second-order valence-corrected chi connectivity index (χ2v) is 10.3. The van der Waals surface area contributed by atoms with Crippen LogP contribution in [0.5, 0.6) is 0 Å². The molecule has 0 aliphatic heterocycles. The molecule has 9 nitrogen and oxygen atoms in total. The fraction of sp³-hybridized carbons (Fsp3) is 0.100. The predicted octanol–water partition coefficient (Wildman–Crippen LogP) is 2.43. The molecule has 0 bridgehead atoms. The maximum Gasteiger partial charge on any atom is 0.261 e. The molecular weight excluding hydrogens is 459 g/mol. The molecule has 0 atom stereocenters. The van der Waals surface area contributed by atoms with Gasteiger partial charge in [0.25, 0.3) is 10.0 Å². The summed E-state index contributed by atoms with van der Waals surface area (Å²) >= 11 is 0. The number of nitrogens with zero attached hydrogens (tertiary/aromatic N) is 2. The Hall–Kier alpha value is -3.51. The molecule has 0 aliphatic carbocycles. The van der Waals surface area contributed by atoms with E-state index in [9.17, 15) is 26.0 Å². The van der Waals surface area contributed by atoms with Crippen molar-refractivity contribution < 1.29 is 26.0 Å². The second kappa shape index (κ2) is 9.32. The highest BCUT2D eigenvalue weighted by Crippen LogP contribution is 2.20. The number of halogens is 1. The average Bonchev–Trinajstić information content (AvgIpc) is 2.73. The summed E-state index contributed by atoms with van der Waals surface area (Å²) < 4.78 is 65.4. The third kappa shape index (κ3) is 6.02. The van der Waals surface area contributed by atoms with Crippen LogP contribution in [0.1, 0.15) is 0 Å². The van der Waals surface area contributed by atoms with E-state index in [1.165, 1.54) is 48.8 Å². The standard InChI is InChI=1S/C20H19FN4O5S2/c1-31(27,28)25(18-8-4-15(21)5-9-18)14-20(26)23-16-6-10-19(11-7-16)32(29,30)24-17-3-2-12-22-13-17/h2-13,24H,14H2,1H3,(H,23,26). The van der Waals surface area contributed by atoms with E-state index in [0.717, 1.165) is 22.7 Å². The number of anilines is 3. The van der Waals surface area contributed by atoms with Gasteiger partial charge in [-0.3, -0.25) is 18.8 Å². The maximum absolute atomic E-state index is 13.1. The zero-order chi connectivity index (χ0) is 23.4. The molecule has 12 heteroatoms. The van der Waals surface area contributed by atoms with Crippen LogP contribution in [-0.2, 0) is 24.8 Å². The Morgan fingerprint density at radius 1 is 0.969 bits per heavy atom. The SMILES string of the molecule is CS(=O)(=O)N(CC(=O)Nc1ccc(S(=O)(=O)Nc2cccnc2)cc1)c1ccc(F)cc1. The fourth-order valence-electron chi connectivity index (χ4n) is 2.69. The summed E-state index contributed by atoms with van der Waals surface area (Å²) in [6, 6.07) is 13.1. The first kappa shape index (κ1) is 23.2. The topological polar surface area (TPSA) is 126 Å². The normalized spacial score (nSPS) is 11.6. The number of carbonyl (C=O) groups is 1. The molecule has 0 aliphatic rings. The summed E-state index contributed by atoms with van der Waals surface area (Å²) in [7, 11) is -7.67. The molecule has 2 N–H and O–H groups in total. The highest BCUT2D eigenvalue weighted by Gasteiger charge is 2.21. The van der Waals surface area contributed by atoms with E-state index in [2.05, 4.69) is 15.0 Å². The Balaban J connectivity index is 1.70. The van der Waals surface area contributed by atoms with Gasteiger partial charge >= 0.3 is 0 Å². The largest absolute Gasteiger partial charge is 0.325 e. The van der Waals surface area contributed by atoms with Crippen LogP contribution in [0.3, 0.4) is 0 Å². The number of nitrogens with one attached hydrogen (secondary N) is 2. The number of rotatable bonds is 8. The number of hydrogen-bond acceptors (Lipinski definition) is 6. The van der Waals surface area contributed by atoms with Gasteiger partial charge < -0.3 is 5.32 Å². The van der Waals surface area contributed by atoms with E-state index in [-0.39, 0.29) is 16.3 Å². The van der Waals surface area contributed by atoms with Crippen LogP contribution in [0, 0.1) is 5.82 Å². The molecule has 3 rings (SSSR count). The molecule has 0 radical (unpaired) electrons. The second-order valence-electron chi connectivity index (χ2n) is 6.67. The van der Waals surface area contributed by atoms with Crippen LogP contribution in [0.4, 0.5) is 21.5 Å². The molecule has 1 aromatic heterocycles. The van der Waals surface area contributed by atoms with Gasteiger partial charge in [-0.15, -0.1) is 0 Å². The van der Waals surface area contributed by atoms with Gasteiger partial charge in [0.15, 0.2) is 0 Å². The van der Waals surface area contributed by atoms with E-state index in [0.29, 0.717) is 5.69 Å². The number of benzene rings is 2. The molecule has 0 fully saturated rings. The smallest absolute Gasteiger partial charge is 0.261 e. The van der Waals surface area contributed by atoms with Crippen molar-refractivity contribution in [2.45, 2.75) is 4.90 Å². The number of hydrogen-bond donors (Lipinski definition) is 2. The minimum Gasteiger partial charge on any atom is -0.325 e. The van der Waals surface area contributed by atoms with Crippen molar-refractivity contribution in [3.05, 3.63) is 78.9 Å². The number of carbonyl (C=O) groups excluding carboxylic acids is 1. The third-order valence-corrected chi connectivity index (χ3v) is 6.70. The van der Waals surface area contributed by atoms with Crippen LogP contribution in [0.25, 0.3) is 0 Å². The molecule has 1 amide bonds. The summed E-state index contributed by atoms with van der Waals surface area (Å²) in [4.78, 5) is 16.2. The lowest BCUT2D eigenvalue weighted by Gasteiger charge is -2.21. The highest BCUT2D eigenvalue weighted by atomic mass is 32.2. The van der Waals surface area contributed by atoms with E-state index in [4.69, 9.17) is 0 Å². The van der Waals surface area contributed by atoms with Crippen molar-refractivity contribution in [1.82, 2.24) is 4.98 Å². The number of sulfonamides is 2. The van der Waals surface area contributed by atoms with Crippen molar-refractivity contribution in [2.75, 3.05) is 27.1 Å². The van der Waals surface area contributed by atoms with Crippen LogP contribution in [0.15, 0.2) is 78.0 Å². The van der Waals surface area contributed by atoms with Crippen molar-refractivity contribution in [3.63, 3.8) is 0 Å². The van der Waals surface area contributed by atoms with E-state index in [1.54, 1.807) is 12.1 Å². The minimum absolute atomic E-state index is 0.0385. The molecular formula is C20H19FN4O5S2. The maximum atomic E-state index is 13.1. The summed E-state index contributed by atoms with van der Waals surface area (Å²) in [6.07, 6.45) is 3.80. The molecule has 0 saturated carbocycles. The van der Waals surface area contributed by atoms with Gasteiger partial charge in [0.05, 0.1) is 28.7 Å². The monoisotopic (exact) mass is 478 g/mol. The molecule has 168 valence electrons. The van der Waals surface area contributed by atoms with Crippen LogP contribution >= 0.6 is 0 Å². The van der Waals surface area contributed by atoms with Gasteiger partial charge in [0.1, 0.15) is 12.4 Å². The molecule has 1 heterocycles. The van der Waals surface area contributed by atoms with Gasteiger partial charge in [-0.2, -0.15) is 0 Å². The van der Waals surface area contributed by atoms with Gasteiger partial charge in [0.2, 0.25) is 15.9 Å². The van der Waals surface area contributed by atoms with Gasteiger partial charge in [0, 0.05) is 11.9 Å². The molecule has 2 aromatic carbocycles. The van der Waals surface area contributed by atoms with Crippen LogP contribution in [-0.4, -0.2) is 40.5 Å². The van der Waals surface area contributed by atoms with Crippen LogP contribution in [0.2, 0.25) is 0 Å². The Bertz CT molecular complexity index is 1300. The number of aromatic nitrogens is 1. The van der Waals surface area contributed by atoms with Gasteiger partial charge in [-0.25, -0.2) is 21.2 Å². The molecule has 0 saturated heterocycles. The highest BCUT2D eigenvalue weighted by molar-refractivity contribution is 7.92. The first-order valence-corrected chi connectivity index (χ1v) is 12.4. The first-order chi connectivity index (χ1) is 15.0. The van der Waals surface area contributed by atoms with E-state index in [1.807, 2.05) is 0 Å². The average molecular weight is 479 g/mol. The third-order valence-electron chi connectivity index (χ3n) is 4.16. The van der Waals surface area contributed by atoms with Crippen molar-refractivity contribution >= 4 is 43.0 Å². The summed E-state index contributed by atoms with van der Waals surface area (Å²) in [6.45, 7) is -0.549. The Labute approximate surface area is 185 Å². The summed E-state index contributed by atoms with van der Waals surface area (Å²) in [5, 5.41) is 2.51. The van der Waals surface area contributed by atoms with Crippen molar-refractivity contribution in [1.29, 1.82) is 0 Å². The molecule has 32 heavy (non-hydrogen) atoms. The predicted molar refractivity (Wildman–Crippen MR) is 119 cm³/mol. The molecule has 0 unspecified atom stereocenters. The van der Waals surface area contributed by atoms with Gasteiger partial charge in [-0.1, -0.05) is 0 Å². The lowest BCUT2D eigenvalue weighted by molar-refractivity contribution is -0.114. The number of amides is 1. The Morgan fingerprint density at radius 2 is 1.62 bits per heavy atom. The molecule has 0 spiro atoms. The zero-order valence-corrected chi connectivity index (χ0v) is 18.4. The van der Waals surface area contributed by atoms with Crippen molar-refractivity contribution in [2.24, 2.45) is 0 Å². The summed E-state index contributed by atoms with van der Waals surface area (Å²) in [5.41, 5.74) is 0.696. The fourth-order valence-corrected chi connectivity index (χ4v) is 4.59. The zero-order valence-electron chi connectivity index (χ0n) is 16.8. The number of pyridine rings is 1. The van der Waals surface area contributed by atoms with E-state index < -0.39 is 38.3 Å². The quantitative estimate of drug-likeness (QED) is 0.512. The minimum atomic E-state index is -3.86. The Kier molecular flexibility index (Phi) is 6.75. The molecule has 3 aromatic rings. The van der Waals surface area contributed by atoms with Crippen LogP contribution < -0.4 is 14.3 Å².